The third kappa shape index (κ3) is 3.47. The largest absolute Gasteiger partial charge is 0.378 e. The Balaban J connectivity index is 2.28. The zero-order chi connectivity index (χ0) is 14.5. The molecule has 0 unspecified atom stereocenters. The Kier molecular flexibility index (Phi) is 4.57. The van der Waals surface area contributed by atoms with E-state index in [9.17, 15) is 0 Å². The molecule has 1 heterocycles. The minimum atomic E-state index is 1.03. The molecule has 20 heavy (non-hydrogen) atoms. The molecule has 0 bridgehead atoms. The van der Waals surface area contributed by atoms with E-state index in [0.717, 1.165) is 6.42 Å². The van der Waals surface area contributed by atoms with Crippen LogP contribution in [0.15, 0.2) is 48.8 Å². The maximum absolute atomic E-state index is 2.27. The lowest BCUT2D eigenvalue weighted by atomic mass is 10.0. The summed E-state index contributed by atoms with van der Waals surface area (Å²) in [6, 6.07) is 13.0. The predicted octanol–water partition coefficient (Wildman–Crippen LogP) is 3.53. The molecule has 0 amide bonds. The van der Waals surface area contributed by atoms with Gasteiger partial charge in [0.15, 0.2) is 12.4 Å². The number of rotatable bonds is 4. The molecule has 2 nitrogen and oxygen atoms in total. The van der Waals surface area contributed by atoms with Crippen molar-refractivity contribution in [1.29, 1.82) is 0 Å². The van der Waals surface area contributed by atoms with Gasteiger partial charge in [0.1, 0.15) is 7.05 Å². The van der Waals surface area contributed by atoms with Crippen LogP contribution in [0, 0.1) is 0 Å². The van der Waals surface area contributed by atoms with Crippen molar-refractivity contribution in [3.63, 3.8) is 0 Å². The number of benzene rings is 1. The number of aryl methyl sites for hydroxylation is 1. The molecule has 0 aliphatic carbocycles. The van der Waals surface area contributed by atoms with E-state index in [4.69, 9.17) is 0 Å². The van der Waals surface area contributed by atoms with Crippen molar-refractivity contribution >= 4 is 17.3 Å². The maximum Gasteiger partial charge on any atom is 0.169 e. The summed E-state index contributed by atoms with van der Waals surface area (Å²) in [5, 5.41) is 0. The van der Waals surface area contributed by atoms with Crippen molar-refractivity contribution < 1.29 is 4.57 Å². The Bertz CT molecular complexity index is 578. The molecule has 1 aromatic heterocycles. The molecule has 0 radical (unpaired) electrons. The van der Waals surface area contributed by atoms with E-state index in [-0.39, 0.29) is 0 Å². The Morgan fingerprint density at radius 3 is 2.15 bits per heavy atom. The van der Waals surface area contributed by atoms with Gasteiger partial charge < -0.3 is 4.90 Å². The summed E-state index contributed by atoms with van der Waals surface area (Å²) in [5.41, 5.74) is 5.14. The zero-order valence-corrected chi connectivity index (χ0v) is 12.8. The summed E-state index contributed by atoms with van der Waals surface area (Å²) >= 11 is 0. The van der Waals surface area contributed by atoms with Gasteiger partial charge >= 0.3 is 0 Å². The van der Waals surface area contributed by atoms with Crippen LogP contribution in [-0.4, -0.2) is 14.1 Å². The molecule has 0 aliphatic heterocycles. The first kappa shape index (κ1) is 14.3. The number of pyridine rings is 1. The summed E-state index contributed by atoms with van der Waals surface area (Å²) in [4.78, 5) is 2.12. The smallest absolute Gasteiger partial charge is 0.169 e. The second-order valence-corrected chi connectivity index (χ2v) is 5.26. The Hall–Kier alpha value is -2.09. The molecule has 2 heteroatoms. The zero-order valence-electron chi connectivity index (χ0n) is 12.8. The minimum absolute atomic E-state index is 1.03. The van der Waals surface area contributed by atoms with E-state index in [1.54, 1.807) is 0 Å². The van der Waals surface area contributed by atoms with Gasteiger partial charge in [-0.2, -0.15) is 0 Å². The van der Waals surface area contributed by atoms with Crippen LogP contribution >= 0.6 is 0 Å². The van der Waals surface area contributed by atoms with Crippen LogP contribution in [0.25, 0.3) is 11.6 Å². The van der Waals surface area contributed by atoms with Crippen molar-refractivity contribution in [1.82, 2.24) is 0 Å². The van der Waals surface area contributed by atoms with Gasteiger partial charge in [-0.15, -0.1) is 0 Å². The van der Waals surface area contributed by atoms with E-state index in [1.165, 1.54) is 22.4 Å². The molecular formula is C18H23N2+. The van der Waals surface area contributed by atoms with Crippen LogP contribution in [-0.2, 0) is 7.05 Å². The lowest BCUT2D eigenvalue weighted by Crippen LogP contribution is -2.25. The van der Waals surface area contributed by atoms with Crippen molar-refractivity contribution in [2.24, 2.45) is 7.05 Å². The van der Waals surface area contributed by atoms with E-state index < -0.39 is 0 Å². The highest BCUT2D eigenvalue weighted by Gasteiger charge is 2.02. The molecule has 0 atom stereocenters. The molecule has 0 saturated heterocycles. The summed E-state index contributed by atoms with van der Waals surface area (Å²) in [6.07, 6.45) is 7.49. The van der Waals surface area contributed by atoms with Gasteiger partial charge in [-0.1, -0.05) is 25.1 Å². The highest BCUT2D eigenvalue weighted by molar-refractivity contribution is 5.81. The maximum atomic E-state index is 2.27. The van der Waals surface area contributed by atoms with Gasteiger partial charge in [0.05, 0.1) is 0 Å². The number of allylic oxidation sites excluding steroid dienone is 1. The molecular weight excluding hydrogens is 244 g/mol. The van der Waals surface area contributed by atoms with E-state index >= 15 is 0 Å². The lowest BCUT2D eigenvalue weighted by Gasteiger charge is -2.12. The van der Waals surface area contributed by atoms with Gasteiger partial charge in [0.25, 0.3) is 0 Å². The number of aromatic nitrogens is 1. The third-order valence-electron chi connectivity index (χ3n) is 3.48. The molecule has 0 saturated carbocycles. The van der Waals surface area contributed by atoms with Gasteiger partial charge in [0.2, 0.25) is 0 Å². The quantitative estimate of drug-likeness (QED) is 0.769. The summed E-state index contributed by atoms with van der Waals surface area (Å²) in [6.45, 7) is 2.20. The number of hydrogen-bond acceptors (Lipinski definition) is 1. The van der Waals surface area contributed by atoms with E-state index in [0.29, 0.717) is 0 Å². The highest BCUT2D eigenvalue weighted by Crippen LogP contribution is 2.21. The molecule has 0 aliphatic rings. The van der Waals surface area contributed by atoms with Gasteiger partial charge in [0, 0.05) is 31.9 Å². The second kappa shape index (κ2) is 6.38. The molecule has 2 aromatic rings. The SMILES string of the molecule is CC/C(=C/c1ccc(N(C)C)cc1)c1cc[n+](C)cc1. The van der Waals surface area contributed by atoms with Gasteiger partial charge in [-0.05, 0) is 35.3 Å². The normalized spacial score (nSPS) is 11.5. The van der Waals surface area contributed by atoms with Crippen molar-refractivity contribution in [2.75, 3.05) is 19.0 Å². The molecule has 1 aromatic carbocycles. The summed E-state index contributed by atoms with van der Waals surface area (Å²) < 4.78 is 2.06. The lowest BCUT2D eigenvalue weighted by molar-refractivity contribution is -0.671. The van der Waals surface area contributed by atoms with Crippen molar-refractivity contribution in [3.05, 3.63) is 59.9 Å². The average Bonchev–Trinajstić information content (AvgIpc) is 2.46. The van der Waals surface area contributed by atoms with Crippen LogP contribution in [0.4, 0.5) is 5.69 Å². The number of anilines is 1. The second-order valence-electron chi connectivity index (χ2n) is 5.26. The number of nitrogens with zero attached hydrogens (tertiary/aromatic N) is 2. The fourth-order valence-corrected chi connectivity index (χ4v) is 2.17. The van der Waals surface area contributed by atoms with Crippen LogP contribution in [0.2, 0.25) is 0 Å². The standard InChI is InChI=1S/C18H23N2/c1-5-16(17-10-12-20(4)13-11-17)14-15-6-8-18(9-7-15)19(2)3/h6-14H,5H2,1-4H3/q+1. The fourth-order valence-electron chi connectivity index (χ4n) is 2.17. The highest BCUT2D eigenvalue weighted by atomic mass is 15.1. The van der Waals surface area contributed by atoms with Gasteiger partial charge in [-0.3, -0.25) is 0 Å². The first-order valence-corrected chi connectivity index (χ1v) is 7.04. The summed E-state index contributed by atoms with van der Waals surface area (Å²) in [5.74, 6) is 0. The minimum Gasteiger partial charge on any atom is -0.378 e. The first-order valence-electron chi connectivity index (χ1n) is 7.04. The molecule has 104 valence electrons. The monoisotopic (exact) mass is 267 g/mol. The van der Waals surface area contributed by atoms with Crippen molar-refractivity contribution in [2.45, 2.75) is 13.3 Å². The van der Waals surface area contributed by atoms with Gasteiger partial charge in [-0.25, -0.2) is 4.57 Å². The van der Waals surface area contributed by atoms with E-state index in [1.807, 2.05) is 7.05 Å². The van der Waals surface area contributed by atoms with E-state index in [2.05, 4.69) is 85.4 Å². The number of hydrogen-bond donors (Lipinski definition) is 0. The first-order chi connectivity index (χ1) is 9.60. The Morgan fingerprint density at radius 1 is 1.05 bits per heavy atom. The molecule has 2 rings (SSSR count). The van der Waals surface area contributed by atoms with Crippen LogP contribution in [0.1, 0.15) is 24.5 Å². The van der Waals surface area contributed by atoms with Crippen molar-refractivity contribution in [3.8, 4) is 0 Å². The molecule has 0 fully saturated rings. The Labute approximate surface area is 122 Å². The third-order valence-corrected chi connectivity index (χ3v) is 3.48. The topological polar surface area (TPSA) is 7.12 Å². The van der Waals surface area contributed by atoms with Crippen LogP contribution in [0.5, 0.6) is 0 Å². The van der Waals surface area contributed by atoms with Crippen LogP contribution in [0.3, 0.4) is 0 Å². The molecule has 0 spiro atoms. The van der Waals surface area contributed by atoms with Crippen LogP contribution < -0.4 is 9.47 Å². The predicted molar refractivity (Wildman–Crippen MR) is 86.5 cm³/mol. The average molecular weight is 267 g/mol. The summed E-state index contributed by atoms with van der Waals surface area (Å²) in [7, 11) is 6.16. The Morgan fingerprint density at radius 2 is 1.65 bits per heavy atom. The fraction of sp³-hybridized carbons (Fsp3) is 0.278. The molecule has 0 N–H and O–H groups in total.